The number of hydrogen-bond donors (Lipinski definition) is 2. The van der Waals surface area contributed by atoms with Crippen molar-refractivity contribution in [2.45, 2.75) is 51.5 Å². The average molecular weight is 185 g/mol. The lowest BCUT2D eigenvalue weighted by atomic mass is 9.72. The summed E-state index contributed by atoms with van der Waals surface area (Å²) in [5.74, 6) is -0.869. The van der Waals surface area contributed by atoms with Crippen LogP contribution in [-0.4, -0.2) is 17.1 Å². The summed E-state index contributed by atoms with van der Waals surface area (Å²) in [5.41, 5.74) is 5.71. The maximum atomic E-state index is 10.6. The molecule has 1 atom stereocenters. The maximum absolute atomic E-state index is 10.6. The Labute approximate surface area is 79.3 Å². The molecule has 0 amide bonds. The molecule has 3 N–H and O–H groups in total. The van der Waals surface area contributed by atoms with E-state index in [1.807, 2.05) is 0 Å². The van der Waals surface area contributed by atoms with Crippen molar-refractivity contribution in [2.75, 3.05) is 0 Å². The van der Waals surface area contributed by atoms with Crippen molar-refractivity contribution in [2.24, 2.45) is 11.1 Å². The molecule has 1 fully saturated rings. The minimum absolute atomic E-state index is 0.177. The van der Waals surface area contributed by atoms with Crippen LogP contribution in [0.3, 0.4) is 0 Å². The van der Waals surface area contributed by atoms with Gasteiger partial charge in [0, 0.05) is 0 Å². The van der Waals surface area contributed by atoms with E-state index in [4.69, 9.17) is 10.8 Å². The van der Waals surface area contributed by atoms with E-state index >= 15 is 0 Å². The Morgan fingerprint density at radius 1 is 1.46 bits per heavy atom. The summed E-state index contributed by atoms with van der Waals surface area (Å²) in [5, 5.41) is 8.70. The summed E-state index contributed by atoms with van der Waals surface area (Å²) in [7, 11) is 0. The fraction of sp³-hybridized carbons (Fsp3) is 0.900. The molecular formula is C10H19NO2. The number of nitrogens with two attached hydrogens (primary N) is 1. The zero-order valence-corrected chi connectivity index (χ0v) is 8.25. The van der Waals surface area contributed by atoms with Crippen LogP contribution in [0, 0.1) is 5.41 Å². The zero-order chi connectivity index (χ0) is 9.90. The van der Waals surface area contributed by atoms with Crippen LogP contribution in [-0.2, 0) is 4.79 Å². The molecule has 3 heteroatoms. The fourth-order valence-corrected chi connectivity index (χ4v) is 2.23. The van der Waals surface area contributed by atoms with Crippen LogP contribution >= 0.6 is 0 Å². The van der Waals surface area contributed by atoms with Crippen molar-refractivity contribution >= 4 is 5.97 Å². The first-order valence-electron chi connectivity index (χ1n) is 5.02. The summed E-state index contributed by atoms with van der Waals surface area (Å²) in [4.78, 5) is 10.6. The van der Waals surface area contributed by atoms with Gasteiger partial charge in [0.1, 0.15) is 6.04 Å². The largest absolute Gasteiger partial charge is 0.480 e. The number of rotatable bonds is 3. The fourth-order valence-electron chi connectivity index (χ4n) is 2.23. The van der Waals surface area contributed by atoms with Crippen LogP contribution < -0.4 is 5.73 Å². The van der Waals surface area contributed by atoms with Crippen LogP contribution in [0.5, 0.6) is 0 Å². The minimum atomic E-state index is -0.869. The van der Waals surface area contributed by atoms with Gasteiger partial charge in [-0.1, -0.05) is 26.2 Å². The molecule has 0 heterocycles. The molecule has 1 aliphatic carbocycles. The molecule has 76 valence electrons. The molecule has 0 radical (unpaired) electrons. The highest BCUT2D eigenvalue weighted by molar-refractivity contribution is 5.73. The topological polar surface area (TPSA) is 63.3 Å². The Morgan fingerprint density at radius 2 is 2.00 bits per heavy atom. The van der Waals surface area contributed by atoms with Crippen molar-refractivity contribution in [3.05, 3.63) is 0 Å². The number of carbonyl (C=O) groups is 1. The van der Waals surface area contributed by atoms with Gasteiger partial charge in [0.05, 0.1) is 0 Å². The second kappa shape index (κ2) is 4.09. The lowest BCUT2D eigenvalue weighted by molar-refractivity contribution is -0.139. The van der Waals surface area contributed by atoms with Crippen LogP contribution in [0.2, 0.25) is 0 Å². The number of hydrogen-bond acceptors (Lipinski definition) is 2. The Bertz CT molecular complexity index is 185. The van der Waals surface area contributed by atoms with E-state index < -0.39 is 12.0 Å². The smallest absolute Gasteiger partial charge is 0.320 e. The summed E-state index contributed by atoms with van der Waals surface area (Å²) in [6.45, 7) is 2.16. The van der Waals surface area contributed by atoms with Crippen LogP contribution in [0.1, 0.15) is 45.4 Å². The summed E-state index contributed by atoms with van der Waals surface area (Å²) < 4.78 is 0. The van der Waals surface area contributed by atoms with Gasteiger partial charge in [-0.25, -0.2) is 0 Å². The summed E-state index contributed by atoms with van der Waals surface area (Å²) in [6, 6.07) is -0.678. The first-order valence-corrected chi connectivity index (χ1v) is 5.02. The van der Waals surface area contributed by atoms with Gasteiger partial charge in [-0.3, -0.25) is 4.79 Å². The van der Waals surface area contributed by atoms with Gasteiger partial charge in [0.2, 0.25) is 0 Å². The SMILES string of the molecule is CC1(C[C@H](N)C(=O)O)CCCCC1. The molecular weight excluding hydrogens is 166 g/mol. The van der Waals surface area contributed by atoms with E-state index in [2.05, 4.69) is 6.92 Å². The van der Waals surface area contributed by atoms with Gasteiger partial charge in [-0.05, 0) is 24.7 Å². The maximum Gasteiger partial charge on any atom is 0.320 e. The van der Waals surface area contributed by atoms with Gasteiger partial charge in [-0.15, -0.1) is 0 Å². The van der Waals surface area contributed by atoms with Crippen molar-refractivity contribution < 1.29 is 9.90 Å². The molecule has 0 spiro atoms. The molecule has 0 saturated heterocycles. The van der Waals surface area contributed by atoms with E-state index in [0.717, 1.165) is 12.8 Å². The second-order valence-electron chi connectivity index (χ2n) is 4.52. The zero-order valence-electron chi connectivity index (χ0n) is 8.25. The van der Waals surface area contributed by atoms with E-state index in [9.17, 15) is 4.79 Å². The Morgan fingerprint density at radius 3 is 2.46 bits per heavy atom. The van der Waals surface area contributed by atoms with Crippen molar-refractivity contribution in [1.82, 2.24) is 0 Å². The molecule has 1 aliphatic rings. The van der Waals surface area contributed by atoms with Gasteiger partial charge in [0.15, 0.2) is 0 Å². The summed E-state index contributed by atoms with van der Waals surface area (Å²) >= 11 is 0. The standard InChI is InChI=1S/C10H19NO2/c1-10(5-3-2-4-6-10)7-8(11)9(12)13/h8H,2-7,11H2,1H3,(H,12,13)/t8-/m0/s1. The van der Waals surface area contributed by atoms with Crippen molar-refractivity contribution in [3.63, 3.8) is 0 Å². The highest BCUT2D eigenvalue weighted by atomic mass is 16.4. The molecule has 13 heavy (non-hydrogen) atoms. The minimum Gasteiger partial charge on any atom is -0.480 e. The lowest BCUT2D eigenvalue weighted by Crippen LogP contribution is -2.37. The molecule has 0 aliphatic heterocycles. The molecule has 0 aromatic rings. The van der Waals surface area contributed by atoms with E-state index in [1.54, 1.807) is 0 Å². The van der Waals surface area contributed by atoms with Gasteiger partial charge < -0.3 is 10.8 Å². The molecule has 0 unspecified atom stereocenters. The van der Waals surface area contributed by atoms with Gasteiger partial charge >= 0.3 is 5.97 Å². The van der Waals surface area contributed by atoms with Crippen LogP contribution in [0.15, 0.2) is 0 Å². The third-order valence-electron chi connectivity index (χ3n) is 3.09. The third kappa shape index (κ3) is 2.99. The summed E-state index contributed by atoms with van der Waals surface area (Å²) in [6.07, 6.45) is 6.63. The highest BCUT2D eigenvalue weighted by Crippen LogP contribution is 2.39. The van der Waals surface area contributed by atoms with Crippen molar-refractivity contribution in [1.29, 1.82) is 0 Å². The molecule has 3 nitrogen and oxygen atoms in total. The Hall–Kier alpha value is -0.570. The monoisotopic (exact) mass is 185 g/mol. The predicted molar refractivity (Wildman–Crippen MR) is 51.4 cm³/mol. The van der Waals surface area contributed by atoms with E-state index in [0.29, 0.717) is 6.42 Å². The van der Waals surface area contributed by atoms with Gasteiger partial charge in [-0.2, -0.15) is 0 Å². The second-order valence-corrected chi connectivity index (χ2v) is 4.52. The third-order valence-corrected chi connectivity index (χ3v) is 3.09. The normalized spacial score (nSPS) is 23.8. The quantitative estimate of drug-likeness (QED) is 0.704. The Balaban J connectivity index is 2.45. The van der Waals surface area contributed by atoms with Crippen LogP contribution in [0.25, 0.3) is 0 Å². The molecule has 0 bridgehead atoms. The predicted octanol–water partition coefficient (Wildman–Crippen LogP) is 1.76. The van der Waals surface area contributed by atoms with E-state index in [1.165, 1.54) is 19.3 Å². The van der Waals surface area contributed by atoms with Crippen LogP contribution in [0.4, 0.5) is 0 Å². The number of carboxylic acids is 1. The van der Waals surface area contributed by atoms with E-state index in [-0.39, 0.29) is 5.41 Å². The first-order chi connectivity index (χ1) is 6.03. The van der Waals surface area contributed by atoms with Gasteiger partial charge in [0.25, 0.3) is 0 Å². The number of aliphatic carboxylic acids is 1. The molecule has 1 rings (SSSR count). The molecule has 0 aromatic carbocycles. The molecule has 1 saturated carbocycles. The molecule has 0 aromatic heterocycles. The van der Waals surface area contributed by atoms with Crippen molar-refractivity contribution in [3.8, 4) is 0 Å². The highest BCUT2D eigenvalue weighted by Gasteiger charge is 2.30. The first kappa shape index (κ1) is 10.5. The Kier molecular flexibility index (Phi) is 3.31. The number of carboxylic acid groups (broad SMARTS) is 1. The average Bonchev–Trinajstić information content (AvgIpc) is 2.04. The lowest BCUT2D eigenvalue weighted by Gasteiger charge is -2.34.